The molecule has 1 aromatic rings. The fraction of sp³-hybridized carbons (Fsp3) is 0.588. The summed E-state index contributed by atoms with van der Waals surface area (Å²) >= 11 is 0. The SMILES string of the molecule is Cc1c(NC2C3CCCOC3C2(C)C)cccc1C(N)=O. The van der Waals surface area contributed by atoms with Gasteiger partial charge in [-0.1, -0.05) is 19.9 Å². The molecule has 1 saturated heterocycles. The van der Waals surface area contributed by atoms with Crippen molar-refractivity contribution in [2.75, 3.05) is 11.9 Å². The fourth-order valence-corrected chi connectivity index (χ4v) is 4.04. The number of primary amides is 1. The van der Waals surface area contributed by atoms with Crippen LogP contribution in [-0.2, 0) is 4.74 Å². The third kappa shape index (κ3) is 2.22. The molecule has 0 bridgehead atoms. The molecule has 1 aliphatic carbocycles. The number of fused-ring (bicyclic) bond motifs is 1. The van der Waals surface area contributed by atoms with Crippen LogP contribution in [0, 0.1) is 18.3 Å². The van der Waals surface area contributed by atoms with Crippen LogP contribution in [0.4, 0.5) is 5.69 Å². The average Bonchev–Trinajstić information content (AvgIpc) is 2.45. The number of amides is 1. The second-order valence-electron chi connectivity index (χ2n) is 6.88. The highest BCUT2D eigenvalue weighted by molar-refractivity contribution is 5.95. The van der Waals surface area contributed by atoms with Gasteiger partial charge >= 0.3 is 0 Å². The van der Waals surface area contributed by atoms with Crippen molar-refractivity contribution in [3.05, 3.63) is 29.3 Å². The molecule has 114 valence electrons. The number of benzene rings is 1. The van der Waals surface area contributed by atoms with Crippen LogP contribution in [0.3, 0.4) is 0 Å². The van der Waals surface area contributed by atoms with Crippen LogP contribution in [0.25, 0.3) is 0 Å². The molecule has 1 saturated carbocycles. The molecule has 0 radical (unpaired) electrons. The van der Waals surface area contributed by atoms with Crippen molar-refractivity contribution >= 4 is 11.6 Å². The minimum absolute atomic E-state index is 0.111. The molecule has 3 rings (SSSR count). The number of hydrogen-bond acceptors (Lipinski definition) is 3. The highest BCUT2D eigenvalue weighted by Gasteiger charge is 2.57. The van der Waals surface area contributed by atoms with Crippen molar-refractivity contribution in [3.63, 3.8) is 0 Å². The Bertz CT molecular complexity index is 568. The second kappa shape index (κ2) is 5.02. The van der Waals surface area contributed by atoms with E-state index in [2.05, 4.69) is 19.2 Å². The van der Waals surface area contributed by atoms with E-state index in [1.165, 1.54) is 6.42 Å². The lowest BCUT2D eigenvalue weighted by Crippen LogP contribution is -2.67. The van der Waals surface area contributed by atoms with Gasteiger partial charge in [0.1, 0.15) is 0 Å². The molecule has 2 aliphatic rings. The van der Waals surface area contributed by atoms with Gasteiger partial charge in [0.2, 0.25) is 5.91 Å². The van der Waals surface area contributed by atoms with Gasteiger partial charge in [0.05, 0.1) is 6.10 Å². The number of rotatable bonds is 3. The smallest absolute Gasteiger partial charge is 0.249 e. The van der Waals surface area contributed by atoms with Crippen LogP contribution in [0.1, 0.15) is 42.6 Å². The zero-order chi connectivity index (χ0) is 15.2. The van der Waals surface area contributed by atoms with Crippen LogP contribution in [0.15, 0.2) is 18.2 Å². The number of nitrogens with one attached hydrogen (secondary N) is 1. The summed E-state index contributed by atoms with van der Waals surface area (Å²) in [4.78, 5) is 11.5. The molecule has 3 atom stereocenters. The third-order valence-corrected chi connectivity index (χ3v) is 5.24. The van der Waals surface area contributed by atoms with Crippen molar-refractivity contribution in [2.45, 2.75) is 45.8 Å². The van der Waals surface area contributed by atoms with Gasteiger partial charge in [0, 0.05) is 35.2 Å². The average molecular weight is 288 g/mol. The maximum Gasteiger partial charge on any atom is 0.249 e. The number of carbonyl (C=O) groups excluding carboxylic acids is 1. The number of hydrogen-bond donors (Lipinski definition) is 2. The zero-order valence-corrected chi connectivity index (χ0v) is 13.0. The van der Waals surface area contributed by atoms with Crippen molar-refractivity contribution < 1.29 is 9.53 Å². The van der Waals surface area contributed by atoms with Gasteiger partial charge in [-0.25, -0.2) is 0 Å². The predicted octanol–water partition coefficient (Wildman–Crippen LogP) is 2.71. The van der Waals surface area contributed by atoms with Gasteiger partial charge in [-0.15, -0.1) is 0 Å². The topological polar surface area (TPSA) is 64.3 Å². The molecule has 3 unspecified atom stereocenters. The van der Waals surface area contributed by atoms with E-state index in [4.69, 9.17) is 10.5 Å². The summed E-state index contributed by atoms with van der Waals surface area (Å²) in [5, 5.41) is 3.64. The predicted molar refractivity (Wildman–Crippen MR) is 83.4 cm³/mol. The van der Waals surface area contributed by atoms with Crippen molar-refractivity contribution in [2.24, 2.45) is 17.1 Å². The quantitative estimate of drug-likeness (QED) is 0.899. The molecule has 0 spiro atoms. The minimum Gasteiger partial charge on any atom is -0.381 e. The second-order valence-corrected chi connectivity index (χ2v) is 6.88. The maximum atomic E-state index is 11.5. The highest BCUT2D eigenvalue weighted by Crippen LogP contribution is 2.52. The van der Waals surface area contributed by atoms with Gasteiger partial charge < -0.3 is 15.8 Å². The first-order valence-corrected chi connectivity index (χ1v) is 7.70. The normalized spacial score (nSPS) is 30.1. The summed E-state index contributed by atoms with van der Waals surface area (Å²) in [5.41, 5.74) is 8.08. The first-order chi connectivity index (χ1) is 9.93. The molecular weight excluding hydrogens is 264 g/mol. The molecule has 4 nitrogen and oxygen atoms in total. The number of ether oxygens (including phenoxy) is 1. The summed E-state index contributed by atoms with van der Waals surface area (Å²) in [7, 11) is 0. The van der Waals surface area contributed by atoms with Crippen LogP contribution < -0.4 is 11.1 Å². The third-order valence-electron chi connectivity index (χ3n) is 5.24. The van der Waals surface area contributed by atoms with E-state index in [0.717, 1.165) is 24.3 Å². The van der Waals surface area contributed by atoms with Crippen LogP contribution in [-0.4, -0.2) is 24.7 Å². The Morgan fingerprint density at radius 3 is 2.90 bits per heavy atom. The van der Waals surface area contributed by atoms with E-state index in [9.17, 15) is 4.79 Å². The summed E-state index contributed by atoms with van der Waals surface area (Å²) in [6, 6.07) is 6.07. The minimum atomic E-state index is -0.372. The highest BCUT2D eigenvalue weighted by atomic mass is 16.5. The zero-order valence-electron chi connectivity index (χ0n) is 13.0. The molecular formula is C17H24N2O2. The van der Waals surface area contributed by atoms with Gasteiger partial charge in [-0.2, -0.15) is 0 Å². The van der Waals surface area contributed by atoms with Crippen LogP contribution in [0.5, 0.6) is 0 Å². The standard InChI is InChI=1S/C17H24N2O2/c1-10-11(16(18)20)6-4-8-13(10)19-14-12-7-5-9-21-15(12)17(14,2)3/h4,6,8,12,14-15,19H,5,7,9H2,1-3H3,(H2,18,20). The Balaban J connectivity index is 1.84. The number of carbonyl (C=O) groups is 1. The molecule has 21 heavy (non-hydrogen) atoms. The molecule has 1 aromatic carbocycles. The van der Waals surface area contributed by atoms with E-state index < -0.39 is 0 Å². The van der Waals surface area contributed by atoms with Gasteiger partial charge in [0.25, 0.3) is 0 Å². The Morgan fingerprint density at radius 1 is 1.43 bits per heavy atom. The van der Waals surface area contributed by atoms with E-state index in [1.54, 1.807) is 6.07 Å². The summed E-state index contributed by atoms with van der Waals surface area (Å²) in [6.45, 7) is 7.34. The molecule has 1 heterocycles. The molecule has 1 aliphatic heterocycles. The first kappa shape index (κ1) is 14.4. The number of anilines is 1. The fourth-order valence-electron chi connectivity index (χ4n) is 4.04. The Labute approximate surface area is 126 Å². The van der Waals surface area contributed by atoms with Crippen molar-refractivity contribution in [1.82, 2.24) is 0 Å². The molecule has 3 N–H and O–H groups in total. The van der Waals surface area contributed by atoms with E-state index in [0.29, 0.717) is 23.6 Å². The summed E-state index contributed by atoms with van der Waals surface area (Å²) in [5.74, 6) is 0.188. The number of nitrogens with two attached hydrogens (primary N) is 1. The Kier molecular flexibility index (Phi) is 3.44. The van der Waals surface area contributed by atoms with E-state index in [-0.39, 0.29) is 11.3 Å². The van der Waals surface area contributed by atoms with Gasteiger partial charge in [-0.3, -0.25) is 4.79 Å². The van der Waals surface area contributed by atoms with E-state index >= 15 is 0 Å². The first-order valence-electron chi connectivity index (χ1n) is 7.70. The van der Waals surface area contributed by atoms with Crippen molar-refractivity contribution in [3.8, 4) is 0 Å². The molecule has 1 amide bonds. The lowest BCUT2D eigenvalue weighted by molar-refractivity contribution is -0.177. The Morgan fingerprint density at radius 2 is 2.19 bits per heavy atom. The molecule has 4 heteroatoms. The lowest BCUT2D eigenvalue weighted by atomic mass is 9.55. The lowest BCUT2D eigenvalue weighted by Gasteiger charge is -2.60. The van der Waals surface area contributed by atoms with Crippen LogP contribution in [0.2, 0.25) is 0 Å². The van der Waals surface area contributed by atoms with E-state index in [1.807, 2.05) is 19.1 Å². The maximum absolute atomic E-state index is 11.5. The molecule has 2 fully saturated rings. The summed E-state index contributed by atoms with van der Waals surface area (Å²) < 4.78 is 5.94. The summed E-state index contributed by atoms with van der Waals surface area (Å²) in [6.07, 6.45) is 2.69. The monoisotopic (exact) mass is 288 g/mol. The van der Waals surface area contributed by atoms with Gasteiger partial charge in [0.15, 0.2) is 0 Å². The Hall–Kier alpha value is -1.55. The van der Waals surface area contributed by atoms with Gasteiger partial charge in [-0.05, 0) is 37.5 Å². The molecule has 0 aromatic heterocycles. The van der Waals surface area contributed by atoms with Crippen LogP contribution >= 0.6 is 0 Å². The van der Waals surface area contributed by atoms with Crippen molar-refractivity contribution in [1.29, 1.82) is 0 Å². The largest absolute Gasteiger partial charge is 0.381 e.